The first-order valence-electron chi connectivity index (χ1n) is 6.83. The van der Waals surface area contributed by atoms with E-state index in [1.54, 1.807) is 0 Å². The minimum absolute atomic E-state index is 0.557. The molecule has 4 heteroatoms. The molecule has 1 aromatic heterocycles. The Morgan fingerprint density at radius 2 is 2.21 bits per heavy atom. The largest absolute Gasteiger partial charge is 0.383 e. The number of benzene rings is 1. The second-order valence-corrected chi connectivity index (χ2v) is 5.56. The van der Waals surface area contributed by atoms with Gasteiger partial charge in [-0.2, -0.15) is 0 Å². The van der Waals surface area contributed by atoms with Crippen molar-refractivity contribution in [2.45, 2.75) is 38.6 Å². The molecule has 3 nitrogen and oxygen atoms in total. The van der Waals surface area contributed by atoms with E-state index in [0.717, 1.165) is 40.8 Å². The Labute approximate surface area is 118 Å². The van der Waals surface area contributed by atoms with E-state index in [0.29, 0.717) is 6.04 Å². The summed E-state index contributed by atoms with van der Waals surface area (Å²) in [7, 11) is 0. The maximum atomic E-state index is 6.31. The molecule has 0 aliphatic heterocycles. The fraction of sp³-hybridized carbons (Fsp3) is 0.400. The Morgan fingerprint density at radius 1 is 1.42 bits per heavy atom. The molecule has 0 unspecified atom stereocenters. The fourth-order valence-corrected chi connectivity index (χ4v) is 2.67. The van der Waals surface area contributed by atoms with E-state index in [1.807, 2.05) is 24.3 Å². The highest BCUT2D eigenvalue weighted by Gasteiger charge is 2.29. The average molecular weight is 276 g/mol. The Bertz CT molecular complexity index is 599. The quantitative estimate of drug-likeness (QED) is 0.914. The molecule has 0 spiro atoms. The van der Waals surface area contributed by atoms with Crippen LogP contribution in [0.3, 0.4) is 0 Å². The first-order valence-corrected chi connectivity index (χ1v) is 7.21. The maximum Gasteiger partial charge on any atom is 0.131 e. The number of aryl methyl sites for hydroxylation is 1. The summed E-state index contributed by atoms with van der Waals surface area (Å²) < 4.78 is 2.22. The third-order valence-corrected chi connectivity index (χ3v) is 3.74. The molecule has 1 aliphatic rings. The summed E-state index contributed by atoms with van der Waals surface area (Å²) in [4.78, 5) is 4.75. The number of nitrogen functional groups attached to an aromatic ring is 1. The molecular weight excluding hydrogens is 258 g/mol. The van der Waals surface area contributed by atoms with Gasteiger partial charge in [0, 0.05) is 23.0 Å². The van der Waals surface area contributed by atoms with Gasteiger partial charge in [0.2, 0.25) is 0 Å². The lowest BCUT2D eigenvalue weighted by atomic mass is 10.1. The highest BCUT2D eigenvalue weighted by atomic mass is 35.5. The number of halogens is 1. The Kier molecular flexibility index (Phi) is 3.23. The van der Waals surface area contributed by atoms with Crippen molar-refractivity contribution in [3.63, 3.8) is 0 Å². The second-order valence-electron chi connectivity index (χ2n) is 5.12. The Balaban J connectivity index is 2.08. The van der Waals surface area contributed by atoms with Gasteiger partial charge in [0.1, 0.15) is 17.3 Å². The highest BCUT2D eigenvalue weighted by molar-refractivity contribution is 6.30. The zero-order valence-corrected chi connectivity index (χ0v) is 11.8. The van der Waals surface area contributed by atoms with Crippen molar-refractivity contribution >= 4 is 17.4 Å². The molecule has 1 aromatic carbocycles. The zero-order valence-electron chi connectivity index (χ0n) is 11.1. The van der Waals surface area contributed by atoms with Crippen LogP contribution in [-0.4, -0.2) is 9.55 Å². The molecule has 19 heavy (non-hydrogen) atoms. The van der Waals surface area contributed by atoms with Crippen molar-refractivity contribution < 1.29 is 0 Å². The molecule has 0 bridgehead atoms. The molecule has 1 saturated carbocycles. The van der Waals surface area contributed by atoms with Gasteiger partial charge in [0.25, 0.3) is 0 Å². The van der Waals surface area contributed by atoms with Crippen molar-refractivity contribution in [2.75, 3.05) is 5.73 Å². The number of aromatic nitrogens is 2. The molecule has 1 heterocycles. The number of imidazole rings is 1. The van der Waals surface area contributed by atoms with Gasteiger partial charge in [-0.15, -0.1) is 0 Å². The first-order chi connectivity index (χ1) is 9.20. The third kappa shape index (κ3) is 2.35. The van der Waals surface area contributed by atoms with Gasteiger partial charge in [-0.3, -0.25) is 0 Å². The molecule has 0 atom stereocenters. The minimum Gasteiger partial charge on any atom is -0.383 e. The number of hydrogen-bond donors (Lipinski definition) is 1. The monoisotopic (exact) mass is 275 g/mol. The van der Waals surface area contributed by atoms with Crippen LogP contribution in [0, 0.1) is 0 Å². The summed E-state index contributed by atoms with van der Waals surface area (Å²) in [6, 6.07) is 8.30. The summed E-state index contributed by atoms with van der Waals surface area (Å²) in [6.45, 7) is 2.17. The molecule has 2 aromatic rings. The average Bonchev–Trinajstić information content (AvgIpc) is 3.16. The number of anilines is 1. The van der Waals surface area contributed by atoms with Crippen LogP contribution < -0.4 is 5.73 Å². The van der Waals surface area contributed by atoms with Crippen molar-refractivity contribution in [1.29, 1.82) is 0 Å². The molecule has 0 radical (unpaired) electrons. The molecule has 3 rings (SSSR count). The molecule has 0 amide bonds. The van der Waals surface area contributed by atoms with Crippen molar-refractivity contribution in [3.05, 3.63) is 35.1 Å². The number of nitrogens with two attached hydrogens (primary N) is 1. The summed E-state index contributed by atoms with van der Waals surface area (Å²) in [5.41, 5.74) is 8.19. The van der Waals surface area contributed by atoms with Gasteiger partial charge in [0.05, 0.1) is 0 Å². The Hall–Kier alpha value is -1.48. The van der Waals surface area contributed by atoms with Gasteiger partial charge >= 0.3 is 0 Å². The van der Waals surface area contributed by atoms with Crippen molar-refractivity contribution in [1.82, 2.24) is 9.55 Å². The summed E-state index contributed by atoms with van der Waals surface area (Å²) in [5.74, 6) is 1.89. The SMILES string of the molecule is CCCc1nc(-c2cccc(Cl)c2)c(N)n1C1CC1. The summed E-state index contributed by atoms with van der Waals surface area (Å²) in [5, 5.41) is 0.718. The van der Waals surface area contributed by atoms with Crippen molar-refractivity contribution in [2.24, 2.45) is 0 Å². The fourth-order valence-electron chi connectivity index (χ4n) is 2.48. The van der Waals surface area contributed by atoms with E-state index >= 15 is 0 Å². The second kappa shape index (κ2) is 4.89. The van der Waals surface area contributed by atoms with Gasteiger partial charge in [-0.05, 0) is 31.4 Å². The van der Waals surface area contributed by atoms with Crippen LogP contribution in [0.1, 0.15) is 38.1 Å². The van der Waals surface area contributed by atoms with Gasteiger partial charge in [0.15, 0.2) is 0 Å². The number of hydrogen-bond acceptors (Lipinski definition) is 2. The van der Waals surface area contributed by atoms with Crippen LogP contribution in [0.25, 0.3) is 11.3 Å². The normalized spacial score (nSPS) is 14.8. The van der Waals surface area contributed by atoms with E-state index in [9.17, 15) is 0 Å². The van der Waals surface area contributed by atoms with Crippen molar-refractivity contribution in [3.8, 4) is 11.3 Å². The van der Waals surface area contributed by atoms with Gasteiger partial charge < -0.3 is 10.3 Å². The summed E-state index contributed by atoms with van der Waals surface area (Å²) in [6.07, 6.45) is 4.48. The molecule has 2 N–H and O–H groups in total. The number of nitrogens with zero attached hydrogens (tertiary/aromatic N) is 2. The lowest BCUT2D eigenvalue weighted by molar-refractivity contribution is 0.676. The van der Waals surface area contributed by atoms with Crippen LogP contribution in [0.5, 0.6) is 0 Å². The van der Waals surface area contributed by atoms with Crippen LogP contribution in [0.2, 0.25) is 5.02 Å². The van der Waals surface area contributed by atoms with Gasteiger partial charge in [-0.25, -0.2) is 4.98 Å². The molecular formula is C15H18ClN3. The highest BCUT2D eigenvalue weighted by Crippen LogP contribution is 2.41. The lowest BCUT2D eigenvalue weighted by Gasteiger charge is -2.07. The van der Waals surface area contributed by atoms with Crippen LogP contribution in [-0.2, 0) is 6.42 Å². The van der Waals surface area contributed by atoms with E-state index in [-0.39, 0.29) is 0 Å². The molecule has 100 valence electrons. The third-order valence-electron chi connectivity index (χ3n) is 3.50. The number of rotatable bonds is 4. The summed E-state index contributed by atoms with van der Waals surface area (Å²) >= 11 is 6.05. The van der Waals surface area contributed by atoms with E-state index < -0.39 is 0 Å². The topological polar surface area (TPSA) is 43.8 Å². The molecule has 1 aliphatic carbocycles. The minimum atomic E-state index is 0.557. The van der Waals surface area contributed by atoms with Crippen LogP contribution in [0.4, 0.5) is 5.82 Å². The standard InChI is InChI=1S/C15H18ClN3/c1-2-4-13-18-14(10-5-3-6-11(16)9-10)15(17)19(13)12-7-8-12/h3,5-6,9,12H,2,4,7-8,17H2,1H3. The van der Waals surface area contributed by atoms with E-state index in [1.165, 1.54) is 12.8 Å². The lowest BCUT2D eigenvalue weighted by Crippen LogP contribution is -2.05. The van der Waals surface area contributed by atoms with Crippen LogP contribution in [0.15, 0.2) is 24.3 Å². The predicted octanol–water partition coefficient (Wildman–Crippen LogP) is 4.07. The zero-order chi connectivity index (χ0) is 13.4. The predicted molar refractivity (Wildman–Crippen MR) is 79.4 cm³/mol. The smallest absolute Gasteiger partial charge is 0.131 e. The maximum absolute atomic E-state index is 6.31. The van der Waals surface area contributed by atoms with E-state index in [4.69, 9.17) is 22.3 Å². The van der Waals surface area contributed by atoms with Gasteiger partial charge in [-0.1, -0.05) is 30.7 Å². The first kappa shape index (κ1) is 12.5. The molecule has 1 fully saturated rings. The van der Waals surface area contributed by atoms with E-state index in [2.05, 4.69) is 11.5 Å². The van der Waals surface area contributed by atoms with Crippen LogP contribution >= 0.6 is 11.6 Å². The molecule has 0 saturated heterocycles. The Morgan fingerprint density at radius 3 is 2.84 bits per heavy atom.